The summed E-state index contributed by atoms with van der Waals surface area (Å²) >= 11 is 0. The van der Waals surface area contributed by atoms with E-state index in [1.165, 1.54) is 18.4 Å². The first-order valence-electron chi connectivity index (χ1n) is 5.47. The second kappa shape index (κ2) is 7.81. The van der Waals surface area contributed by atoms with Gasteiger partial charge in [0.1, 0.15) is 0 Å². The summed E-state index contributed by atoms with van der Waals surface area (Å²) in [6, 6.07) is 22.6. The first kappa shape index (κ1) is 11.5. The van der Waals surface area contributed by atoms with Crippen molar-refractivity contribution in [3.8, 4) is 0 Å². The molecule has 0 unspecified atom stereocenters. The van der Waals surface area contributed by atoms with Crippen LogP contribution in [-0.2, 0) is 6.42 Å². The molecule has 2 aromatic carbocycles. The molecule has 0 aromatic heterocycles. The van der Waals surface area contributed by atoms with Crippen LogP contribution in [-0.4, -0.2) is 0 Å². The van der Waals surface area contributed by atoms with Gasteiger partial charge in [-0.05, 0) is 12.0 Å². The van der Waals surface area contributed by atoms with Crippen molar-refractivity contribution in [1.82, 2.24) is 0 Å². The van der Waals surface area contributed by atoms with Gasteiger partial charge in [-0.15, -0.1) is 0 Å². The lowest BCUT2D eigenvalue weighted by Crippen LogP contribution is -1.78. The van der Waals surface area contributed by atoms with Crippen molar-refractivity contribution in [1.29, 1.82) is 0 Å². The Morgan fingerprint density at radius 3 is 1.47 bits per heavy atom. The SMILES string of the molecule is CCCc1ccccc1.c1ccccc1. The Kier molecular flexibility index (Phi) is 5.99. The average molecular weight is 198 g/mol. The van der Waals surface area contributed by atoms with Crippen LogP contribution in [0.3, 0.4) is 0 Å². The van der Waals surface area contributed by atoms with E-state index in [1.54, 1.807) is 0 Å². The number of hydrogen-bond donors (Lipinski definition) is 0. The van der Waals surface area contributed by atoms with Gasteiger partial charge in [0.05, 0.1) is 0 Å². The van der Waals surface area contributed by atoms with Gasteiger partial charge in [0.25, 0.3) is 0 Å². The normalized spacial score (nSPS) is 8.87. The molecule has 0 radical (unpaired) electrons. The molecule has 78 valence electrons. The predicted molar refractivity (Wildman–Crippen MR) is 66.9 cm³/mol. The molecule has 0 aliphatic heterocycles. The van der Waals surface area contributed by atoms with Crippen LogP contribution in [0.25, 0.3) is 0 Å². The summed E-state index contributed by atoms with van der Waals surface area (Å²) in [6.45, 7) is 2.20. The zero-order valence-corrected chi connectivity index (χ0v) is 9.27. The van der Waals surface area contributed by atoms with Gasteiger partial charge in [-0.2, -0.15) is 0 Å². The van der Waals surface area contributed by atoms with Crippen molar-refractivity contribution in [2.75, 3.05) is 0 Å². The van der Waals surface area contributed by atoms with Gasteiger partial charge >= 0.3 is 0 Å². The van der Waals surface area contributed by atoms with Gasteiger partial charge in [-0.1, -0.05) is 80.1 Å². The standard InChI is InChI=1S/C9H12.C6H6/c1-2-6-9-7-4-3-5-8-9;1-2-4-6-5-3-1/h3-5,7-8H,2,6H2,1H3;1-6H. The van der Waals surface area contributed by atoms with Gasteiger partial charge in [0, 0.05) is 0 Å². The molecule has 2 aromatic rings. The van der Waals surface area contributed by atoms with Gasteiger partial charge in [-0.25, -0.2) is 0 Å². The lowest BCUT2D eigenvalue weighted by molar-refractivity contribution is 0.922. The molecule has 0 heteroatoms. The highest BCUT2D eigenvalue weighted by Gasteiger charge is 1.84. The van der Waals surface area contributed by atoms with E-state index in [0.29, 0.717) is 0 Å². The Labute approximate surface area is 92.6 Å². The van der Waals surface area contributed by atoms with Crippen LogP contribution in [0.1, 0.15) is 18.9 Å². The van der Waals surface area contributed by atoms with E-state index in [4.69, 9.17) is 0 Å². The minimum absolute atomic E-state index is 1.21. The van der Waals surface area contributed by atoms with Crippen LogP contribution in [0.5, 0.6) is 0 Å². The molecule has 0 saturated heterocycles. The zero-order chi connectivity index (χ0) is 10.8. The second-order valence-corrected chi connectivity index (χ2v) is 3.39. The highest BCUT2D eigenvalue weighted by molar-refractivity contribution is 5.14. The smallest absolute Gasteiger partial charge is 0.0281 e. The molecule has 0 atom stereocenters. The molecule has 0 N–H and O–H groups in total. The van der Waals surface area contributed by atoms with Gasteiger partial charge in [-0.3, -0.25) is 0 Å². The summed E-state index contributed by atoms with van der Waals surface area (Å²) < 4.78 is 0. The van der Waals surface area contributed by atoms with Crippen molar-refractivity contribution in [2.45, 2.75) is 19.8 Å². The Balaban J connectivity index is 0.000000162. The average Bonchev–Trinajstić information content (AvgIpc) is 2.34. The van der Waals surface area contributed by atoms with Gasteiger partial charge < -0.3 is 0 Å². The topological polar surface area (TPSA) is 0 Å². The van der Waals surface area contributed by atoms with Crippen LogP contribution in [0.15, 0.2) is 66.7 Å². The Morgan fingerprint density at radius 2 is 1.07 bits per heavy atom. The molecular formula is C15H18. The molecule has 2 rings (SSSR count). The summed E-state index contributed by atoms with van der Waals surface area (Å²) in [5.74, 6) is 0. The molecule has 0 nitrogen and oxygen atoms in total. The van der Waals surface area contributed by atoms with E-state index >= 15 is 0 Å². The van der Waals surface area contributed by atoms with Crippen LogP contribution in [0.2, 0.25) is 0 Å². The molecule has 0 aliphatic rings. The van der Waals surface area contributed by atoms with Crippen LogP contribution < -0.4 is 0 Å². The fourth-order valence-electron chi connectivity index (χ4n) is 1.32. The third-order valence-electron chi connectivity index (χ3n) is 2.05. The summed E-state index contributed by atoms with van der Waals surface area (Å²) in [5, 5.41) is 0. The fraction of sp³-hybridized carbons (Fsp3) is 0.200. The van der Waals surface area contributed by atoms with Crippen molar-refractivity contribution < 1.29 is 0 Å². The molecule has 0 spiro atoms. The summed E-state index contributed by atoms with van der Waals surface area (Å²) in [5.41, 5.74) is 1.44. The van der Waals surface area contributed by atoms with Crippen LogP contribution >= 0.6 is 0 Å². The molecule has 15 heavy (non-hydrogen) atoms. The summed E-state index contributed by atoms with van der Waals surface area (Å²) in [4.78, 5) is 0. The first-order chi connectivity index (χ1) is 7.43. The van der Waals surface area contributed by atoms with Crippen LogP contribution in [0, 0.1) is 0 Å². The largest absolute Gasteiger partial charge is 0.0651 e. The molecular weight excluding hydrogens is 180 g/mol. The Hall–Kier alpha value is -1.56. The fourth-order valence-corrected chi connectivity index (χ4v) is 1.32. The third kappa shape index (κ3) is 5.69. The highest BCUT2D eigenvalue weighted by Crippen LogP contribution is 2.00. The van der Waals surface area contributed by atoms with E-state index in [1.807, 2.05) is 36.4 Å². The predicted octanol–water partition coefficient (Wildman–Crippen LogP) is 4.33. The lowest BCUT2D eigenvalue weighted by atomic mass is 10.1. The van der Waals surface area contributed by atoms with Crippen molar-refractivity contribution in [2.24, 2.45) is 0 Å². The minimum atomic E-state index is 1.21. The van der Waals surface area contributed by atoms with Crippen LogP contribution in [0.4, 0.5) is 0 Å². The van der Waals surface area contributed by atoms with Gasteiger partial charge in [0.15, 0.2) is 0 Å². The van der Waals surface area contributed by atoms with E-state index in [9.17, 15) is 0 Å². The molecule has 0 saturated carbocycles. The number of rotatable bonds is 2. The zero-order valence-electron chi connectivity index (χ0n) is 9.27. The highest BCUT2D eigenvalue weighted by atomic mass is 13.9. The number of hydrogen-bond acceptors (Lipinski definition) is 0. The van der Waals surface area contributed by atoms with Crippen molar-refractivity contribution in [3.05, 3.63) is 72.3 Å². The first-order valence-corrected chi connectivity index (χ1v) is 5.47. The second-order valence-electron chi connectivity index (χ2n) is 3.39. The van der Waals surface area contributed by atoms with E-state index < -0.39 is 0 Å². The molecule has 0 heterocycles. The molecule has 0 bridgehead atoms. The summed E-state index contributed by atoms with van der Waals surface area (Å²) in [6.07, 6.45) is 2.45. The third-order valence-corrected chi connectivity index (χ3v) is 2.05. The van der Waals surface area contributed by atoms with E-state index in [-0.39, 0.29) is 0 Å². The maximum Gasteiger partial charge on any atom is -0.0281 e. The Morgan fingerprint density at radius 1 is 0.667 bits per heavy atom. The molecule has 0 fully saturated rings. The lowest BCUT2D eigenvalue weighted by Gasteiger charge is -1.93. The van der Waals surface area contributed by atoms with Gasteiger partial charge in [0.2, 0.25) is 0 Å². The van der Waals surface area contributed by atoms with E-state index in [0.717, 1.165) is 0 Å². The van der Waals surface area contributed by atoms with Crippen molar-refractivity contribution in [3.63, 3.8) is 0 Å². The summed E-state index contributed by atoms with van der Waals surface area (Å²) in [7, 11) is 0. The maximum atomic E-state index is 2.20. The Bertz CT molecular complexity index is 297. The van der Waals surface area contributed by atoms with E-state index in [2.05, 4.69) is 37.3 Å². The maximum absolute atomic E-state index is 2.20. The van der Waals surface area contributed by atoms with Crippen molar-refractivity contribution >= 4 is 0 Å². The minimum Gasteiger partial charge on any atom is -0.0651 e. The monoisotopic (exact) mass is 198 g/mol. The number of benzene rings is 2. The molecule has 0 amide bonds. The molecule has 0 aliphatic carbocycles. The number of aryl methyl sites for hydroxylation is 1. The quantitative estimate of drug-likeness (QED) is 0.674.